The van der Waals surface area contributed by atoms with Crippen LogP contribution in [0.4, 0.5) is 23.4 Å². The molecule has 0 amide bonds. The molecule has 0 bridgehead atoms. The predicted molar refractivity (Wildman–Crippen MR) is 159 cm³/mol. The fraction of sp³-hybridized carbons (Fsp3) is 0.450. The number of rotatable bonds is 9. The van der Waals surface area contributed by atoms with Gasteiger partial charge in [0.05, 0.1) is 31.7 Å². The van der Waals surface area contributed by atoms with Crippen LogP contribution in [0, 0.1) is 0 Å². The number of aromatic amines is 2. The monoisotopic (exact) mass is 866 g/mol. The third-order valence-corrected chi connectivity index (χ3v) is 10.6. The van der Waals surface area contributed by atoms with Gasteiger partial charge in [0.1, 0.15) is 24.0 Å². The number of imidazole rings is 1. The van der Waals surface area contributed by atoms with Crippen LogP contribution < -0.4 is 43.0 Å². The Morgan fingerprint density at radius 1 is 0.960 bits per heavy atom. The summed E-state index contributed by atoms with van der Waals surface area (Å²) in [5, 5.41) is 26.6. The minimum absolute atomic E-state index is 0.0159. The number of hydrogen-bond donors (Lipinski definition) is 8. The standard InChI is InChI=1S/C20H26N10O13P2S2.Mo.2O/c21-19-26-13-7(15(33)28-19)24-6-12(47)11(46)5(41-17(6)25-13)2-40-45(37,38)43-44(35,36)39-1-4-9(31)10(32)18(42-4)30-3-23-8-14(30)27-20(22)29-16(8)34;;;/h3-6,9-10,17-18,24,31-32,46-47H,1-2H2,(H,35,36)(H,37,38)(H3,22,27,29,34)(H4,21,25,26,28,33);;;/q;+2;;/p-4/t4-,5-,6+,9-,10-,17-,18-;;;/m1.../s1. The summed E-state index contributed by atoms with van der Waals surface area (Å²) in [6.07, 6.45) is -7.68. The van der Waals surface area contributed by atoms with Crippen molar-refractivity contribution < 1.29 is 77.2 Å². The zero-order chi connectivity index (χ0) is 36.7. The minimum atomic E-state index is -5.70. The van der Waals surface area contributed by atoms with Gasteiger partial charge >= 0.3 is 25.3 Å². The molecule has 9 atom stereocenters. The maximum absolute atomic E-state index is 12.4. The summed E-state index contributed by atoms with van der Waals surface area (Å²) < 4.78 is 67.5. The van der Waals surface area contributed by atoms with Crippen molar-refractivity contribution in [2.45, 2.75) is 42.9 Å². The third-order valence-electron chi connectivity index (χ3n) is 6.99. The van der Waals surface area contributed by atoms with E-state index in [9.17, 15) is 38.7 Å². The van der Waals surface area contributed by atoms with Gasteiger partial charge in [0.2, 0.25) is 11.9 Å². The van der Waals surface area contributed by atoms with Crippen LogP contribution in [0.2, 0.25) is 0 Å². The van der Waals surface area contributed by atoms with E-state index in [2.05, 4.69) is 48.9 Å². The number of phosphoric ester groups is 2. The number of fused-ring (bicyclic) bond motifs is 3. The fourth-order valence-corrected chi connectivity index (χ4v) is 7.45. The average molecular weight is 864 g/mol. The molecule has 0 spiro atoms. The maximum atomic E-state index is 12.4. The third kappa shape index (κ3) is 8.05. The molecule has 1 saturated heterocycles. The molecule has 6 heterocycles. The number of hydrogen-bond acceptors (Lipinski definition) is 24. The van der Waals surface area contributed by atoms with Crippen molar-refractivity contribution in [2.24, 2.45) is 0 Å². The van der Waals surface area contributed by atoms with Gasteiger partial charge in [-0.25, -0.2) is 9.29 Å². The molecule has 0 radical (unpaired) electrons. The molecule has 0 saturated carbocycles. The fourth-order valence-electron chi connectivity index (χ4n) is 4.88. The first-order valence-corrected chi connectivity index (χ1v) is 18.8. The number of nitrogens with one attached hydrogen (secondary N) is 4. The van der Waals surface area contributed by atoms with E-state index in [0.717, 1.165) is 10.9 Å². The zero-order valence-corrected chi connectivity index (χ0v) is 29.7. The summed E-state index contributed by atoms with van der Waals surface area (Å²) in [4.78, 5) is 65.4. The number of ether oxygens (including phenoxy) is 2. The summed E-state index contributed by atoms with van der Waals surface area (Å²) in [7, 11) is -11.4. The number of aliphatic hydroxyl groups excluding tert-OH is 2. The molecule has 3 aromatic rings. The van der Waals surface area contributed by atoms with Crippen molar-refractivity contribution in [1.29, 1.82) is 0 Å². The summed E-state index contributed by atoms with van der Waals surface area (Å²) in [5.74, 6) is -0.444. The van der Waals surface area contributed by atoms with Crippen molar-refractivity contribution in [1.82, 2.24) is 29.5 Å². The Bertz CT molecular complexity index is 2080. The number of nitrogens with two attached hydrogens (primary N) is 2. The Balaban J connectivity index is 0.00000156. The molecular weight excluding hydrogens is 842 g/mol. The van der Waals surface area contributed by atoms with Crippen LogP contribution >= 0.6 is 15.6 Å². The van der Waals surface area contributed by atoms with E-state index in [1.165, 1.54) is 0 Å². The Morgan fingerprint density at radius 2 is 1.58 bits per heavy atom. The van der Waals surface area contributed by atoms with Crippen molar-refractivity contribution in [3.05, 3.63) is 36.8 Å². The number of nitrogens with zero attached hydrogens (tertiary/aromatic N) is 4. The second-order valence-corrected chi connectivity index (χ2v) is 14.3. The quantitative estimate of drug-likeness (QED) is 0.0572. The molecule has 0 aromatic carbocycles. The molecule has 25 nitrogen and oxygen atoms in total. The van der Waals surface area contributed by atoms with Crippen LogP contribution in [-0.2, 0) is 82.5 Å². The van der Waals surface area contributed by atoms with E-state index in [1.54, 1.807) is 0 Å². The molecule has 10 N–H and O–H groups in total. The summed E-state index contributed by atoms with van der Waals surface area (Å²) in [6, 6.07) is -0.839. The second-order valence-electron chi connectivity index (χ2n) is 10.2. The number of nitrogen functional groups attached to an aromatic ring is 2. The van der Waals surface area contributed by atoms with Crippen LogP contribution in [0.1, 0.15) is 6.23 Å². The van der Waals surface area contributed by atoms with E-state index in [4.69, 9.17) is 53.0 Å². The van der Waals surface area contributed by atoms with Gasteiger partial charge in [-0.15, -0.1) is 0 Å². The number of H-pyrrole nitrogens is 2. The summed E-state index contributed by atoms with van der Waals surface area (Å²) in [5.41, 5.74) is 9.58. The summed E-state index contributed by atoms with van der Waals surface area (Å²) in [6.45, 7) is -1.89. The zero-order valence-electron chi connectivity index (χ0n) is 24.3. The number of aromatic nitrogens is 6. The van der Waals surface area contributed by atoms with E-state index < -0.39 is 101 Å². The van der Waals surface area contributed by atoms with Gasteiger partial charge in [-0.05, 0) is 0 Å². The van der Waals surface area contributed by atoms with Crippen LogP contribution in [-0.4, -0.2) is 89.6 Å². The van der Waals surface area contributed by atoms with Crippen LogP contribution in [0.3, 0.4) is 0 Å². The molecule has 0 aliphatic carbocycles. The van der Waals surface area contributed by atoms with Crippen LogP contribution in [0.5, 0.6) is 0 Å². The van der Waals surface area contributed by atoms with E-state index in [0.29, 0.717) is 0 Å². The van der Waals surface area contributed by atoms with Crippen molar-refractivity contribution in [3.8, 4) is 0 Å². The molecular formula is C20H22MoN10O15P2S2-2. The second kappa shape index (κ2) is 14.9. The number of aliphatic hydroxyl groups is 2. The Kier molecular flexibility index (Phi) is 11.4. The first kappa shape index (κ1) is 38.2. The van der Waals surface area contributed by atoms with E-state index >= 15 is 0 Å². The van der Waals surface area contributed by atoms with Gasteiger partial charge in [-0.3, -0.25) is 33.3 Å². The van der Waals surface area contributed by atoms with Crippen molar-refractivity contribution >= 4 is 75.5 Å². The van der Waals surface area contributed by atoms with Gasteiger partial charge in [0.25, 0.3) is 26.8 Å². The van der Waals surface area contributed by atoms with Crippen LogP contribution in [0.25, 0.3) is 11.2 Å². The normalized spacial score (nSPS) is 28.1. The van der Waals surface area contributed by atoms with Gasteiger partial charge in [-0.1, -0.05) is 0 Å². The molecule has 50 heavy (non-hydrogen) atoms. The van der Waals surface area contributed by atoms with E-state index in [-0.39, 0.29) is 44.4 Å². The molecule has 272 valence electrons. The SMILES string of the molecule is Nc1nc2c(c(=O)[nH]1)N[C@H]1C([S-])=C([S-])[C@@H](COP(=O)([O-])OP(=O)([O-])OC[C@H]3O[C@@H](n4cnc5c(=O)[nH]c(N)nc54)[C@H](O)[C@@H]3O)O[C@H]1N2.[O]=[Mo+2]=[O]. The Labute approximate surface area is 296 Å². The predicted octanol–water partition coefficient (Wildman–Crippen LogP) is -4.33. The van der Waals surface area contributed by atoms with E-state index in [1.807, 2.05) is 0 Å². The topological polar surface area (TPSA) is 386 Å². The molecule has 2 unspecified atom stereocenters. The number of anilines is 4. The average Bonchev–Trinajstić information content (AvgIpc) is 3.56. The van der Waals surface area contributed by atoms with Gasteiger partial charge in [0, 0.05) is 0 Å². The first-order valence-electron chi connectivity index (χ1n) is 13.4. The molecule has 6 rings (SSSR count). The molecule has 3 aliphatic heterocycles. The Morgan fingerprint density at radius 3 is 2.26 bits per heavy atom. The molecule has 3 aromatic heterocycles. The Hall–Kier alpha value is -3.00. The molecule has 3 aliphatic rings. The van der Waals surface area contributed by atoms with Crippen molar-refractivity contribution in [2.75, 3.05) is 35.3 Å². The first-order chi connectivity index (χ1) is 23.4. The number of phosphoric acid groups is 2. The van der Waals surface area contributed by atoms with Crippen molar-refractivity contribution in [3.63, 3.8) is 0 Å². The molecule has 1 fully saturated rings. The summed E-state index contributed by atoms with van der Waals surface area (Å²) >= 11 is 8.60. The van der Waals surface area contributed by atoms with Gasteiger partial charge in [-0.2, -0.15) is 19.8 Å². The van der Waals surface area contributed by atoms with Crippen LogP contribution in [0.15, 0.2) is 25.7 Å². The molecule has 30 heteroatoms. The van der Waals surface area contributed by atoms with Gasteiger partial charge in [0.15, 0.2) is 29.4 Å². The van der Waals surface area contributed by atoms with Gasteiger partial charge < -0.3 is 85.9 Å².